The molecule has 0 aliphatic heterocycles. The van der Waals surface area contributed by atoms with Crippen molar-refractivity contribution in [2.24, 2.45) is 7.05 Å². The Morgan fingerprint density at radius 1 is 1.36 bits per heavy atom. The highest BCUT2D eigenvalue weighted by molar-refractivity contribution is 7.98. The zero-order chi connectivity index (χ0) is 15.7. The predicted molar refractivity (Wildman–Crippen MR) is 73.2 cm³/mol. The lowest BCUT2D eigenvalue weighted by Crippen LogP contribution is -2.12. The summed E-state index contributed by atoms with van der Waals surface area (Å²) in [6, 6.07) is 3.72. The molecule has 0 fully saturated rings. The average Bonchev–Trinajstić information content (AvgIpc) is 3.16. The summed E-state index contributed by atoms with van der Waals surface area (Å²) in [6.45, 7) is 0. The molecule has 3 aromatic heterocycles. The molecule has 0 aliphatic carbocycles. The summed E-state index contributed by atoms with van der Waals surface area (Å²) in [5, 5.41) is 12.5. The van der Waals surface area contributed by atoms with E-state index in [0.29, 0.717) is 11.7 Å². The van der Waals surface area contributed by atoms with E-state index in [0.717, 1.165) is 21.2 Å². The van der Waals surface area contributed by atoms with Gasteiger partial charge in [-0.1, -0.05) is 23.0 Å². The fourth-order valence-electron chi connectivity index (χ4n) is 1.63. The van der Waals surface area contributed by atoms with E-state index in [1.165, 1.54) is 18.4 Å². The van der Waals surface area contributed by atoms with Gasteiger partial charge in [0.15, 0.2) is 5.16 Å². The number of nitrogens with zero attached hydrogens (tertiary/aromatic N) is 5. The molecular formula is C11H8F3N5OS2. The maximum absolute atomic E-state index is 12.6. The van der Waals surface area contributed by atoms with Gasteiger partial charge in [0.1, 0.15) is 0 Å². The van der Waals surface area contributed by atoms with Crippen molar-refractivity contribution in [1.82, 2.24) is 24.9 Å². The number of aromatic nitrogens is 5. The molecule has 0 aromatic carbocycles. The second-order valence-electron chi connectivity index (χ2n) is 4.14. The first-order chi connectivity index (χ1) is 10.4. The minimum absolute atomic E-state index is 0.128. The Hall–Kier alpha value is -1.88. The van der Waals surface area contributed by atoms with Crippen molar-refractivity contribution in [1.29, 1.82) is 0 Å². The summed E-state index contributed by atoms with van der Waals surface area (Å²) < 4.78 is 43.8. The van der Waals surface area contributed by atoms with Crippen molar-refractivity contribution >= 4 is 23.1 Å². The van der Waals surface area contributed by atoms with Gasteiger partial charge >= 0.3 is 6.18 Å². The van der Waals surface area contributed by atoms with Crippen LogP contribution in [0.4, 0.5) is 13.2 Å². The predicted octanol–water partition coefficient (Wildman–Crippen LogP) is 3.24. The molecule has 6 nitrogen and oxygen atoms in total. The van der Waals surface area contributed by atoms with Crippen molar-refractivity contribution in [3.05, 3.63) is 29.2 Å². The van der Waals surface area contributed by atoms with Gasteiger partial charge in [0.05, 0.1) is 10.6 Å². The molecule has 3 heterocycles. The third kappa shape index (κ3) is 2.99. The van der Waals surface area contributed by atoms with E-state index >= 15 is 0 Å². The summed E-state index contributed by atoms with van der Waals surface area (Å²) in [7, 11) is 1.26. The molecule has 0 bridgehead atoms. The number of hydrogen-bond acceptors (Lipinski definition) is 7. The third-order valence-electron chi connectivity index (χ3n) is 2.62. The quantitative estimate of drug-likeness (QED) is 0.675. The van der Waals surface area contributed by atoms with Crippen LogP contribution >= 0.6 is 23.1 Å². The fourth-order valence-corrected chi connectivity index (χ4v) is 3.03. The molecule has 0 saturated heterocycles. The van der Waals surface area contributed by atoms with Gasteiger partial charge in [-0.05, 0) is 11.4 Å². The minimum Gasteiger partial charge on any atom is -0.338 e. The fraction of sp³-hybridized carbons (Fsp3) is 0.273. The standard InChI is InChI=1S/C11H8F3N5OS2/c1-19-9(11(12,13)14)16-17-10(19)22-5-7-15-8(18-20-7)6-3-2-4-21-6/h2-4H,5H2,1H3. The molecular weight excluding hydrogens is 339 g/mol. The average molecular weight is 347 g/mol. The maximum Gasteiger partial charge on any atom is 0.451 e. The van der Waals surface area contributed by atoms with Crippen molar-refractivity contribution in [2.75, 3.05) is 0 Å². The zero-order valence-electron chi connectivity index (χ0n) is 11.0. The lowest BCUT2D eigenvalue weighted by Gasteiger charge is -2.05. The molecule has 11 heteroatoms. The molecule has 22 heavy (non-hydrogen) atoms. The molecule has 0 N–H and O–H groups in total. The topological polar surface area (TPSA) is 69.6 Å². The van der Waals surface area contributed by atoms with Crippen LogP contribution in [0.2, 0.25) is 0 Å². The second-order valence-corrected chi connectivity index (χ2v) is 6.03. The normalized spacial score (nSPS) is 12.0. The summed E-state index contributed by atoms with van der Waals surface area (Å²) in [4.78, 5) is 5.04. The van der Waals surface area contributed by atoms with Crippen molar-refractivity contribution < 1.29 is 17.7 Å². The van der Waals surface area contributed by atoms with Crippen LogP contribution in [0.5, 0.6) is 0 Å². The summed E-state index contributed by atoms with van der Waals surface area (Å²) >= 11 is 2.51. The second kappa shape index (κ2) is 5.72. The number of alkyl halides is 3. The molecule has 0 amide bonds. The smallest absolute Gasteiger partial charge is 0.338 e. The van der Waals surface area contributed by atoms with E-state index in [-0.39, 0.29) is 10.9 Å². The Morgan fingerprint density at radius 3 is 2.82 bits per heavy atom. The van der Waals surface area contributed by atoms with Crippen LogP contribution in [0.3, 0.4) is 0 Å². The largest absolute Gasteiger partial charge is 0.451 e. The van der Waals surface area contributed by atoms with Crippen molar-refractivity contribution in [2.45, 2.75) is 17.1 Å². The molecule has 0 spiro atoms. The van der Waals surface area contributed by atoms with Crippen molar-refractivity contribution in [3.8, 4) is 10.7 Å². The first-order valence-corrected chi connectivity index (χ1v) is 7.77. The lowest BCUT2D eigenvalue weighted by molar-refractivity contribution is -0.147. The highest BCUT2D eigenvalue weighted by Gasteiger charge is 2.37. The third-order valence-corrected chi connectivity index (χ3v) is 4.49. The van der Waals surface area contributed by atoms with Crippen LogP contribution in [0.1, 0.15) is 11.7 Å². The first-order valence-electron chi connectivity index (χ1n) is 5.91. The van der Waals surface area contributed by atoms with Gasteiger partial charge in [-0.25, -0.2) is 0 Å². The van der Waals surface area contributed by atoms with E-state index in [1.807, 2.05) is 17.5 Å². The minimum atomic E-state index is -4.53. The molecule has 3 rings (SSSR count). The van der Waals surface area contributed by atoms with E-state index in [4.69, 9.17) is 4.52 Å². The number of rotatable bonds is 4. The van der Waals surface area contributed by atoms with Crippen LogP contribution in [-0.2, 0) is 19.0 Å². The van der Waals surface area contributed by atoms with Crippen molar-refractivity contribution in [3.63, 3.8) is 0 Å². The Labute approximate surface area is 130 Å². The highest BCUT2D eigenvalue weighted by atomic mass is 32.2. The zero-order valence-corrected chi connectivity index (χ0v) is 12.7. The SMILES string of the molecule is Cn1c(SCc2nc(-c3cccs3)no2)nnc1C(F)(F)F. The molecule has 0 unspecified atom stereocenters. The Morgan fingerprint density at radius 2 is 2.18 bits per heavy atom. The highest BCUT2D eigenvalue weighted by Crippen LogP contribution is 2.30. The number of thioether (sulfide) groups is 1. The van der Waals surface area contributed by atoms with Gasteiger partial charge in [0.2, 0.25) is 17.5 Å². The number of hydrogen-bond donors (Lipinski definition) is 0. The number of thiophene rings is 1. The van der Waals surface area contributed by atoms with E-state index in [2.05, 4.69) is 20.3 Å². The van der Waals surface area contributed by atoms with Crippen LogP contribution < -0.4 is 0 Å². The van der Waals surface area contributed by atoms with Gasteiger partial charge in [0, 0.05) is 7.05 Å². The Bertz CT molecular complexity index is 765. The van der Waals surface area contributed by atoms with E-state index < -0.39 is 12.0 Å². The molecule has 3 aromatic rings. The van der Waals surface area contributed by atoms with Crippen LogP contribution in [0, 0.1) is 0 Å². The van der Waals surface area contributed by atoms with Gasteiger partial charge in [-0.2, -0.15) is 18.2 Å². The van der Waals surface area contributed by atoms with Gasteiger partial charge in [0.25, 0.3) is 0 Å². The molecule has 116 valence electrons. The number of halogens is 3. The Kier molecular flexibility index (Phi) is 3.91. The maximum atomic E-state index is 12.6. The molecule has 0 saturated carbocycles. The summed E-state index contributed by atoms with van der Waals surface area (Å²) in [5.41, 5.74) is 0. The van der Waals surface area contributed by atoms with Crippen LogP contribution in [-0.4, -0.2) is 24.9 Å². The monoisotopic (exact) mass is 347 g/mol. The first kappa shape index (κ1) is 15.0. The lowest BCUT2D eigenvalue weighted by atomic mass is 10.4. The van der Waals surface area contributed by atoms with Gasteiger partial charge < -0.3 is 9.09 Å². The molecule has 0 radical (unpaired) electrons. The van der Waals surface area contributed by atoms with Crippen LogP contribution in [0.15, 0.2) is 27.2 Å². The summed E-state index contributed by atoms with van der Waals surface area (Å²) in [5.74, 6) is -0.0633. The van der Waals surface area contributed by atoms with E-state index in [1.54, 1.807) is 0 Å². The molecule has 0 atom stereocenters. The Balaban J connectivity index is 1.70. The van der Waals surface area contributed by atoms with Gasteiger partial charge in [-0.3, -0.25) is 0 Å². The summed E-state index contributed by atoms with van der Waals surface area (Å²) in [6.07, 6.45) is -4.53. The van der Waals surface area contributed by atoms with Crippen LogP contribution in [0.25, 0.3) is 10.7 Å². The molecule has 0 aliphatic rings. The van der Waals surface area contributed by atoms with Gasteiger partial charge in [-0.15, -0.1) is 21.5 Å². The van der Waals surface area contributed by atoms with E-state index in [9.17, 15) is 13.2 Å².